The molecule has 3 heterocycles. The monoisotopic (exact) mass is 403 g/mol. The number of amides is 1. The predicted molar refractivity (Wildman–Crippen MR) is 110 cm³/mol. The molecule has 3 aromatic rings. The Morgan fingerprint density at radius 2 is 1.87 bits per heavy atom. The van der Waals surface area contributed by atoms with Gasteiger partial charge in [0.1, 0.15) is 23.0 Å². The Bertz CT molecular complexity index is 1160. The normalized spacial score (nSPS) is 15.5. The van der Waals surface area contributed by atoms with Crippen LogP contribution in [-0.4, -0.2) is 58.4 Å². The summed E-state index contributed by atoms with van der Waals surface area (Å²) < 4.78 is 6.55. The number of ether oxygens (including phenoxy) is 1. The topological polar surface area (TPSA) is 90.9 Å². The molecule has 0 saturated carbocycles. The Morgan fingerprint density at radius 3 is 2.53 bits per heavy atom. The van der Waals surface area contributed by atoms with Gasteiger partial charge in [-0.2, -0.15) is 5.26 Å². The molecular formula is C22H21N5O3. The Labute approximate surface area is 173 Å². The van der Waals surface area contributed by atoms with Crippen molar-refractivity contribution >= 4 is 11.6 Å². The Kier molecular flexibility index (Phi) is 5.46. The third-order valence-corrected chi connectivity index (χ3v) is 5.36. The summed E-state index contributed by atoms with van der Waals surface area (Å²) in [5, 5.41) is 9.69. The summed E-state index contributed by atoms with van der Waals surface area (Å²) in [7, 11) is 1.60. The second kappa shape index (κ2) is 8.35. The fourth-order valence-electron chi connectivity index (χ4n) is 3.68. The number of aromatic nitrogens is 2. The average molecular weight is 403 g/mol. The lowest BCUT2D eigenvalue weighted by Crippen LogP contribution is -2.50. The predicted octanol–water partition coefficient (Wildman–Crippen LogP) is 1.73. The van der Waals surface area contributed by atoms with Crippen molar-refractivity contribution in [2.75, 3.05) is 33.3 Å². The molecule has 8 heteroatoms. The van der Waals surface area contributed by atoms with Gasteiger partial charge in [0.25, 0.3) is 11.5 Å². The first kappa shape index (κ1) is 19.6. The van der Waals surface area contributed by atoms with Crippen LogP contribution in [0.5, 0.6) is 5.75 Å². The van der Waals surface area contributed by atoms with E-state index in [1.165, 1.54) is 10.6 Å². The fraction of sp³-hybridized carbons (Fsp3) is 0.273. The first-order chi connectivity index (χ1) is 14.6. The van der Waals surface area contributed by atoms with Crippen LogP contribution in [-0.2, 0) is 0 Å². The molecule has 0 aliphatic carbocycles. The molecule has 1 fully saturated rings. The van der Waals surface area contributed by atoms with E-state index in [0.29, 0.717) is 31.8 Å². The van der Waals surface area contributed by atoms with E-state index in [1.54, 1.807) is 36.4 Å². The number of rotatable bonds is 4. The molecule has 2 aromatic heterocycles. The van der Waals surface area contributed by atoms with E-state index in [2.05, 4.69) is 11.1 Å². The summed E-state index contributed by atoms with van der Waals surface area (Å²) in [5.41, 5.74) is 1.07. The number of carbonyl (C=O) groups excluding carboxylic acids is 1. The summed E-state index contributed by atoms with van der Waals surface area (Å²) in [6.45, 7) is 1.95. The highest BCUT2D eigenvalue weighted by Crippen LogP contribution is 2.24. The number of methoxy groups -OCH3 is 1. The van der Waals surface area contributed by atoms with Crippen LogP contribution in [0.4, 0.5) is 0 Å². The van der Waals surface area contributed by atoms with Crippen molar-refractivity contribution in [1.82, 2.24) is 19.2 Å². The molecule has 0 bridgehead atoms. The molecule has 1 aliphatic rings. The van der Waals surface area contributed by atoms with Crippen molar-refractivity contribution in [3.8, 4) is 11.8 Å². The van der Waals surface area contributed by atoms with E-state index in [0.717, 1.165) is 11.3 Å². The minimum Gasteiger partial charge on any atom is -0.497 e. The summed E-state index contributed by atoms with van der Waals surface area (Å²) in [6, 6.07) is 14.6. The van der Waals surface area contributed by atoms with Crippen LogP contribution >= 0.6 is 0 Å². The maximum atomic E-state index is 12.9. The molecule has 1 aromatic carbocycles. The number of fused-ring (bicyclic) bond motifs is 1. The Morgan fingerprint density at radius 1 is 1.13 bits per heavy atom. The number of pyridine rings is 1. The number of nitriles is 1. The maximum Gasteiger partial charge on any atom is 0.270 e. The van der Waals surface area contributed by atoms with Gasteiger partial charge in [0, 0.05) is 38.6 Å². The van der Waals surface area contributed by atoms with Crippen LogP contribution in [0, 0.1) is 11.3 Å². The van der Waals surface area contributed by atoms with E-state index in [-0.39, 0.29) is 17.0 Å². The minimum absolute atomic E-state index is 0.0548. The highest BCUT2D eigenvalue weighted by molar-refractivity contribution is 5.93. The minimum atomic E-state index is -0.402. The van der Waals surface area contributed by atoms with Crippen molar-refractivity contribution < 1.29 is 9.53 Å². The van der Waals surface area contributed by atoms with E-state index < -0.39 is 6.04 Å². The molecule has 0 radical (unpaired) electrons. The molecule has 1 aliphatic heterocycles. The number of hydrogen-bond donors (Lipinski definition) is 0. The number of hydrogen-bond acceptors (Lipinski definition) is 6. The van der Waals surface area contributed by atoms with E-state index in [4.69, 9.17) is 4.74 Å². The largest absolute Gasteiger partial charge is 0.497 e. The van der Waals surface area contributed by atoms with Crippen molar-refractivity contribution in [1.29, 1.82) is 5.26 Å². The van der Waals surface area contributed by atoms with Crippen molar-refractivity contribution in [2.24, 2.45) is 0 Å². The van der Waals surface area contributed by atoms with Gasteiger partial charge in [-0.25, -0.2) is 4.98 Å². The van der Waals surface area contributed by atoms with Crippen molar-refractivity contribution in [2.45, 2.75) is 6.04 Å². The van der Waals surface area contributed by atoms with Gasteiger partial charge < -0.3 is 9.64 Å². The van der Waals surface area contributed by atoms with Gasteiger partial charge in [-0.15, -0.1) is 0 Å². The van der Waals surface area contributed by atoms with Crippen LogP contribution in [0.3, 0.4) is 0 Å². The summed E-state index contributed by atoms with van der Waals surface area (Å²) >= 11 is 0. The molecule has 30 heavy (non-hydrogen) atoms. The third kappa shape index (κ3) is 3.63. The standard InChI is InChI=1S/C22H21N5O3/c1-30-17-7-5-16(6-8-17)19(14-23)25-10-12-26(13-11-25)21(28)18-15-24-20-4-2-3-9-27(20)22(18)29/h2-9,15,19H,10-13H2,1H3. The molecule has 0 spiro atoms. The van der Waals surface area contributed by atoms with Crippen LogP contribution in [0.1, 0.15) is 22.0 Å². The first-order valence-corrected chi connectivity index (χ1v) is 9.65. The number of piperazine rings is 1. The van der Waals surface area contributed by atoms with E-state index in [9.17, 15) is 14.9 Å². The first-order valence-electron chi connectivity index (χ1n) is 9.65. The average Bonchev–Trinajstić information content (AvgIpc) is 2.80. The number of benzene rings is 1. The zero-order chi connectivity index (χ0) is 21.1. The molecule has 1 amide bonds. The van der Waals surface area contributed by atoms with E-state index >= 15 is 0 Å². The van der Waals surface area contributed by atoms with Gasteiger partial charge in [0.2, 0.25) is 0 Å². The van der Waals surface area contributed by atoms with Gasteiger partial charge in [-0.05, 0) is 29.8 Å². The van der Waals surface area contributed by atoms with Gasteiger partial charge in [-0.3, -0.25) is 18.9 Å². The van der Waals surface area contributed by atoms with Crippen LogP contribution in [0.15, 0.2) is 59.7 Å². The van der Waals surface area contributed by atoms with Gasteiger partial charge in [0.15, 0.2) is 0 Å². The molecule has 4 rings (SSSR count). The molecule has 1 saturated heterocycles. The van der Waals surface area contributed by atoms with E-state index in [1.807, 2.05) is 29.2 Å². The summed E-state index contributed by atoms with van der Waals surface area (Å²) in [5.74, 6) is 0.407. The zero-order valence-corrected chi connectivity index (χ0v) is 16.6. The second-order valence-electron chi connectivity index (χ2n) is 7.04. The number of carbonyl (C=O) groups is 1. The number of nitrogens with zero attached hydrogens (tertiary/aromatic N) is 5. The molecule has 0 N–H and O–H groups in total. The SMILES string of the molecule is COc1ccc(C(C#N)N2CCN(C(=O)c3cnc4ccccn4c3=O)CC2)cc1. The van der Waals surface area contributed by atoms with Gasteiger partial charge in [0.05, 0.1) is 13.2 Å². The lowest BCUT2D eigenvalue weighted by Gasteiger charge is -2.37. The molecular weight excluding hydrogens is 382 g/mol. The van der Waals surface area contributed by atoms with Crippen molar-refractivity contribution in [3.05, 3.63) is 76.3 Å². The Balaban J connectivity index is 1.47. The summed E-state index contributed by atoms with van der Waals surface area (Å²) in [4.78, 5) is 33.5. The molecule has 8 nitrogen and oxygen atoms in total. The zero-order valence-electron chi connectivity index (χ0n) is 16.6. The van der Waals surface area contributed by atoms with Crippen LogP contribution in [0.25, 0.3) is 5.65 Å². The highest BCUT2D eigenvalue weighted by atomic mass is 16.5. The smallest absolute Gasteiger partial charge is 0.270 e. The molecule has 1 unspecified atom stereocenters. The third-order valence-electron chi connectivity index (χ3n) is 5.36. The van der Waals surface area contributed by atoms with Crippen molar-refractivity contribution in [3.63, 3.8) is 0 Å². The lowest BCUT2D eigenvalue weighted by molar-refractivity contribution is 0.0604. The second-order valence-corrected chi connectivity index (χ2v) is 7.04. The van der Waals surface area contributed by atoms with Gasteiger partial charge >= 0.3 is 0 Å². The maximum absolute atomic E-state index is 12.9. The van der Waals surface area contributed by atoms with Crippen LogP contribution in [0.2, 0.25) is 0 Å². The molecule has 1 atom stereocenters. The Hall–Kier alpha value is -3.70. The van der Waals surface area contributed by atoms with Crippen LogP contribution < -0.4 is 10.3 Å². The highest BCUT2D eigenvalue weighted by Gasteiger charge is 2.28. The lowest BCUT2D eigenvalue weighted by atomic mass is 10.1. The quantitative estimate of drug-likeness (QED) is 0.659. The fourth-order valence-corrected chi connectivity index (χ4v) is 3.68. The van der Waals surface area contributed by atoms with Gasteiger partial charge in [-0.1, -0.05) is 18.2 Å². The summed E-state index contributed by atoms with van der Waals surface area (Å²) in [6.07, 6.45) is 2.95. The molecule has 152 valence electrons.